The summed E-state index contributed by atoms with van der Waals surface area (Å²) in [7, 11) is 0. The SMILES string of the molecule is CCOC(=O)N1CCC(NC(=O)C(=O)NCCN2CCOCC2)CC1. The molecule has 2 fully saturated rings. The van der Waals surface area contributed by atoms with Crippen molar-refractivity contribution in [3.63, 3.8) is 0 Å². The molecule has 0 saturated carbocycles. The predicted molar refractivity (Wildman–Crippen MR) is 90.0 cm³/mol. The Labute approximate surface area is 148 Å². The van der Waals surface area contributed by atoms with Gasteiger partial charge in [0, 0.05) is 45.3 Å². The molecule has 0 unspecified atom stereocenters. The van der Waals surface area contributed by atoms with Crippen LogP contribution in [0.25, 0.3) is 0 Å². The molecule has 25 heavy (non-hydrogen) atoms. The zero-order valence-electron chi connectivity index (χ0n) is 14.8. The van der Waals surface area contributed by atoms with Gasteiger partial charge in [0.05, 0.1) is 19.8 Å². The van der Waals surface area contributed by atoms with E-state index in [2.05, 4.69) is 15.5 Å². The number of hydrogen-bond donors (Lipinski definition) is 2. The van der Waals surface area contributed by atoms with Gasteiger partial charge in [-0.05, 0) is 19.8 Å². The van der Waals surface area contributed by atoms with Gasteiger partial charge >= 0.3 is 17.9 Å². The van der Waals surface area contributed by atoms with Crippen LogP contribution in [0.4, 0.5) is 4.79 Å². The quantitative estimate of drug-likeness (QED) is 0.624. The first kappa shape index (κ1) is 19.5. The highest BCUT2D eigenvalue weighted by atomic mass is 16.6. The van der Waals surface area contributed by atoms with Gasteiger partial charge in [0.15, 0.2) is 0 Å². The van der Waals surface area contributed by atoms with E-state index in [4.69, 9.17) is 9.47 Å². The van der Waals surface area contributed by atoms with Crippen molar-refractivity contribution in [2.45, 2.75) is 25.8 Å². The van der Waals surface area contributed by atoms with Crippen molar-refractivity contribution in [2.24, 2.45) is 0 Å². The molecule has 0 atom stereocenters. The summed E-state index contributed by atoms with van der Waals surface area (Å²) in [6.07, 6.45) is 0.908. The Morgan fingerprint density at radius 2 is 1.76 bits per heavy atom. The standard InChI is InChI=1S/C16H28N4O5/c1-2-25-16(23)20-6-3-13(4-7-20)18-15(22)14(21)17-5-8-19-9-11-24-12-10-19/h13H,2-12H2,1H3,(H,17,21)(H,18,22). The summed E-state index contributed by atoms with van der Waals surface area (Å²) in [4.78, 5) is 39.2. The topological polar surface area (TPSA) is 100 Å². The highest BCUT2D eigenvalue weighted by Crippen LogP contribution is 2.11. The van der Waals surface area contributed by atoms with Gasteiger partial charge in [-0.25, -0.2) is 4.79 Å². The number of nitrogens with one attached hydrogen (secondary N) is 2. The first-order valence-corrected chi connectivity index (χ1v) is 8.90. The van der Waals surface area contributed by atoms with Crippen LogP contribution in [0.1, 0.15) is 19.8 Å². The van der Waals surface area contributed by atoms with Gasteiger partial charge < -0.3 is 25.0 Å². The van der Waals surface area contributed by atoms with Gasteiger partial charge in [-0.15, -0.1) is 0 Å². The number of hydrogen-bond acceptors (Lipinski definition) is 6. The van der Waals surface area contributed by atoms with Crippen molar-refractivity contribution in [3.05, 3.63) is 0 Å². The molecule has 2 aliphatic heterocycles. The van der Waals surface area contributed by atoms with Crippen molar-refractivity contribution in [3.8, 4) is 0 Å². The molecule has 2 N–H and O–H groups in total. The fraction of sp³-hybridized carbons (Fsp3) is 0.812. The molecule has 2 saturated heterocycles. The first-order valence-electron chi connectivity index (χ1n) is 8.90. The molecular formula is C16H28N4O5. The van der Waals surface area contributed by atoms with Crippen molar-refractivity contribution in [1.82, 2.24) is 20.4 Å². The van der Waals surface area contributed by atoms with Gasteiger partial charge in [0.1, 0.15) is 0 Å². The fourth-order valence-corrected chi connectivity index (χ4v) is 2.90. The third kappa shape index (κ3) is 6.50. The van der Waals surface area contributed by atoms with E-state index in [1.165, 1.54) is 0 Å². The first-order chi connectivity index (χ1) is 12.1. The van der Waals surface area contributed by atoms with Crippen molar-refractivity contribution < 1.29 is 23.9 Å². The Hall–Kier alpha value is -1.87. The molecule has 0 aliphatic carbocycles. The lowest BCUT2D eigenvalue weighted by Gasteiger charge is -2.31. The molecule has 2 heterocycles. The van der Waals surface area contributed by atoms with Crippen molar-refractivity contribution >= 4 is 17.9 Å². The van der Waals surface area contributed by atoms with Crippen LogP contribution in [0.3, 0.4) is 0 Å². The van der Waals surface area contributed by atoms with Crippen molar-refractivity contribution in [2.75, 3.05) is 59.1 Å². The Morgan fingerprint density at radius 1 is 1.08 bits per heavy atom. The van der Waals surface area contributed by atoms with E-state index in [1.54, 1.807) is 11.8 Å². The lowest BCUT2D eigenvalue weighted by molar-refractivity contribution is -0.139. The normalized spacial score (nSPS) is 19.3. The summed E-state index contributed by atoms with van der Waals surface area (Å²) < 4.78 is 10.2. The third-order valence-electron chi connectivity index (χ3n) is 4.38. The molecular weight excluding hydrogens is 328 g/mol. The maximum atomic E-state index is 11.9. The van der Waals surface area contributed by atoms with E-state index < -0.39 is 11.8 Å². The Kier molecular flexibility index (Phi) is 7.93. The number of piperidine rings is 1. The summed E-state index contributed by atoms with van der Waals surface area (Å²) in [5.74, 6) is -1.22. The van der Waals surface area contributed by atoms with Crippen LogP contribution in [0.5, 0.6) is 0 Å². The molecule has 9 heteroatoms. The molecule has 0 spiro atoms. The lowest BCUT2D eigenvalue weighted by Crippen LogP contribution is -2.51. The minimum atomic E-state index is -0.614. The largest absolute Gasteiger partial charge is 0.450 e. The minimum absolute atomic E-state index is 0.0943. The summed E-state index contributed by atoms with van der Waals surface area (Å²) in [6, 6.07) is -0.0943. The number of likely N-dealkylation sites (tertiary alicyclic amines) is 1. The zero-order chi connectivity index (χ0) is 18.1. The van der Waals surface area contributed by atoms with Gasteiger partial charge in [0.2, 0.25) is 0 Å². The minimum Gasteiger partial charge on any atom is -0.450 e. The smallest absolute Gasteiger partial charge is 0.409 e. The van der Waals surface area contributed by atoms with Crippen molar-refractivity contribution in [1.29, 1.82) is 0 Å². The summed E-state index contributed by atoms with van der Waals surface area (Å²) >= 11 is 0. The zero-order valence-corrected chi connectivity index (χ0v) is 14.8. The van der Waals surface area contributed by atoms with Crippen LogP contribution in [0, 0.1) is 0 Å². The molecule has 0 aromatic heterocycles. The second-order valence-electron chi connectivity index (χ2n) is 6.14. The molecule has 0 bridgehead atoms. The molecule has 0 aromatic rings. The monoisotopic (exact) mass is 356 g/mol. The number of amides is 3. The lowest BCUT2D eigenvalue weighted by atomic mass is 10.1. The van der Waals surface area contributed by atoms with Gasteiger partial charge in [-0.3, -0.25) is 14.5 Å². The number of morpholine rings is 1. The Bertz CT molecular complexity index is 459. The Morgan fingerprint density at radius 3 is 2.40 bits per heavy atom. The highest BCUT2D eigenvalue weighted by Gasteiger charge is 2.26. The number of nitrogens with zero attached hydrogens (tertiary/aromatic N) is 2. The third-order valence-corrected chi connectivity index (χ3v) is 4.38. The summed E-state index contributed by atoms with van der Waals surface area (Å²) in [6.45, 7) is 7.40. The van der Waals surface area contributed by atoms with E-state index in [9.17, 15) is 14.4 Å². The second-order valence-corrected chi connectivity index (χ2v) is 6.14. The van der Waals surface area contributed by atoms with Gasteiger partial charge in [0.25, 0.3) is 0 Å². The molecule has 2 rings (SSSR count). The van der Waals surface area contributed by atoms with E-state index in [-0.39, 0.29) is 12.1 Å². The van der Waals surface area contributed by atoms with E-state index in [0.717, 1.165) is 13.1 Å². The molecule has 142 valence electrons. The van der Waals surface area contributed by atoms with Crippen LogP contribution in [0.15, 0.2) is 0 Å². The highest BCUT2D eigenvalue weighted by molar-refractivity contribution is 6.35. The van der Waals surface area contributed by atoms with Crippen LogP contribution < -0.4 is 10.6 Å². The molecule has 0 aromatic carbocycles. The fourth-order valence-electron chi connectivity index (χ4n) is 2.90. The summed E-state index contributed by atoms with van der Waals surface area (Å²) in [5.41, 5.74) is 0. The van der Waals surface area contributed by atoms with Crippen LogP contribution in [-0.2, 0) is 19.1 Å². The van der Waals surface area contributed by atoms with Crippen LogP contribution in [0.2, 0.25) is 0 Å². The number of ether oxygens (including phenoxy) is 2. The maximum Gasteiger partial charge on any atom is 0.409 e. The van der Waals surface area contributed by atoms with Gasteiger partial charge in [-0.1, -0.05) is 0 Å². The molecule has 2 aliphatic rings. The number of carbonyl (C=O) groups excluding carboxylic acids is 3. The molecule has 9 nitrogen and oxygen atoms in total. The maximum absolute atomic E-state index is 11.9. The summed E-state index contributed by atoms with van der Waals surface area (Å²) in [5, 5.41) is 5.38. The second kappa shape index (κ2) is 10.2. The van der Waals surface area contributed by atoms with Crippen LogP contribution >= 0.6 is 0 Å². The Balaban J connectivity index is 1.61. The van der Waals surface area contributed by atoms with Crippen LogP contribution in [-0.4, -0.2) is 92.8 Å². The average Bonchev–Trinajstić information content (AvgIpc) is 2.63. The van der Waals surface area contributed by atoms with E-state index in [1.807, 2.05) is 0 Å². The number of rotatable bonds is 5. The van der Waals surface area contributed by atoms with E-state index in [0.29, 0.717) is 58.8 Å². The molecule has 0 radical (unpaired) electrons. The average molecular weight is 356 g/mol. The van der Waals surface area contributed by atoms with E-state index >= 15 is 0 Å². The van der Waals surface area contributed by atoms with Gasteiger partial charge in [-0.2, -0.15) is 0 Å². The molecule has 3 amide bonds. The predicted octanol–water partition coefficient (Wildman–Crippen LogP) is -0.828. The number of carbonyl (C=O) groups is 3.